The highest BCUT2D eigenvalue weighted by atomic mass is 16.7. The monoisotopic (exact) mass is 294 g/mol. The highest BCUT2D eigenvalue weighted by Gasteiger charge is 2.21. The summed E-state index contributed by atoms with van der Waals surface area (Å²) in [6.45, 7) is 0. The molecule has 0 saturated carbocycles. The number of nitrogens with one attached hydrogen (secondary N) is 1. The van der Waals surface area contributed by atoms with Gasteiger partial charge in [0.1, 0.15) is 5.71 Å². The van der Waals surface area contributed by atoms with Crippen molar-refractivity contribution >= 4 is 22.6 Å². The largest absolute Gasteiger partial charge is 0.457 e. The molecule has 0 aliphatic heterocycles. The van der Waals surface area contributed by atoms with E-state index in [2.05, 4.69) is 16.2 Å². The molecule has 5 heteroatoms. The summed E-state index contributed by atoms with van der Waals surface area (Å²) in [7, 11) is 0. The van der Waals surface area contributed by atoms with Gasteiger partial charge in [-0.3, -0.25) is 0 Å². The third-order valence-corrected chi connectivity index (χ3v) is 3.90. The average molecular weight is 294 g/mol. The van der Waals surface area contributed by atoms with Gasteiger partial charge in [-0.25, -0.2) is 4.79 Å². The fraction of sp³-hybridized carbons (Fsp3) is 0.176. The first-order valence-corrected chi connectivity index (χ1v) is 7.24. The summed E-state index contributed by atoms with van der Waals surface area (Å²) in [4.78, 5) is 20.2. The van der Waals surface area contributed by atoms with Crippen LogP contribution in [0.4, 0.5) is 0 Å². The Bertz CT molecular complexity index is 859. The van der Waals surface area contributed by atoms with Gasteiger partial charge in [0.05, 0.1) is 12.0 Å². The van der Waals surface area contributed by atoms with Crippen LogP contribution in [0.25, 0.3) is 10.9 Å². The number of aromatic nitrogens is 1. The zero-order valence-electron chi connectivity index (χ0n) is 11.8. The third-order valence-electron chi connectivity index (χ3n) is 3.90. The Hall–Kier alpha value is -2.82. The highest BCUT2D eigenvalue weighted by Crippen LogP contribution is 2.29. The number of para-hydroxylation sites is 1. The number of oxime groups is 1. The first-order valence-electron chi connectivity index (χ1n) is 7.24. The molecule has 0 unspecified atom stereocenters. The van der Waals surface area contributed by atoms with Crippen LogP contribution in [0.2, 0.25) is 0 Å². The summed E-state index contributed by atoms with van der Waals surface area (Å²) in [5, 5.41) is 5.26. The summed E-state index contributed by atoms with van der Waals surface area (Å²) >= 11 is 0. The molecule has 2 aromatic heterocycles. The van der Waals surface area contributed by atoms with Crippen molar-refractivity contribution in [3.63, 3.8) is 0 Å². The van der Waals surface area contributed by atoms with E-state index in [-0.39, 0.29) is 5.76 Å². The maximum atomic E-state index is 11.8. The second kappa shape index (κ2) is 5.18. The van der Waals surface area contributed by atoms with Crippen molar-refractivity contribution < 1.29 is 14.0 Å². The average Bonchev–Trinajstić information content (AvgIpc) is 3.20. The van der Waals surface area contributed by atoms with E-state index >= 15 is 0 Å². The number of rotatable bonds is 2. The fourth-order valence-electron chi connectivity index (χ4n) is 2.89. The molecule has 0 amide bonds. The molecule has 0 saturated heterocycles. The first-order chi connectivity index (χ1) is 10.8. The molecular weight excluding hydrogens is 280 g/mol. The van der Waals surface area contributed by atoms with Crippen LogP contribution in [-0.2, 0) is 11.3 Å². The fourth-order valence-corrected chi connectivity index (χ4v) is 2.89. The molecule has 0 bridgehead atoms. The van der Waals surface area contributed by atoms with E-state index in [0.717, 1.165) is 36.2 Å². The van der Waals surface area contributed by atoms with Gasteiger partial charge in [-0.05, 0) is 43.0 Å². The van der Waals surface area contributed by atoms with E-state index in [9.17, 15) is 4.79 Å². The van der Waals surface area contributed by atoms with Crippen molar-refractivity contribution in [1.29, 1.82) is 0 Å². The maximum absolute atomic E-state index is 11.8. The molecule has 3 aromatic rings. The lowest BCUT2D eigenvalue weighted by atomic mass is 9.94. The molecule has 1 aliphatic carbocycles. The van der Waals surface area contributed by atoms with E-state index in [1.54, 1.807) is 12.1 Å². The van der Waals surface area contributed by atoms with Gasteiger partial charge in [0.25, 0.3) is 0 Å². The van der Waals surface area contributed by atoms with E-state index in [1.807, 2.05) is 18.2 Å². The third kappa shape index (κ3) is 2.11. The van der Waals surface area contributed by atoms with E-state index in [4.69, 9.17) is 9.25 Å². The lowest BCUT2D eigenvalue weighted by Crippen LogP contribution is -2.13. The predicted octanol–water partition coefficient (Wildman–Crippen LogP) is 3.66. The summed E-state index contributed by atoms with van der Waals surface area (Å²) in [5.41, 5.74) is 4.08. The zero-order valence-corrected chi connectivity index (χ0v) is 11.8. The van der Waals surface area contributed by atoms with Crippen LogP contribution in [0.1, 0.15) is 34.7 Å². The van der Waals surface area contributed by atoms with Gasteiger partial charge >= 0.3 is 5.97 Å². The molecule has 2 heterocycles. The number of carbonyl (C=O) groups is 1. The van der Waals surface area contributed by atoms with Crippen molar-refractivity contribution in [3.05, 3.63) is 59.7 Å². The molecule has 1 aliphatic rings. The number of benzene rings is 1. The lowest BCUT2D eigenvalue weighted by Gasteiger charge is -2.13. The minimum Gasteiger partial charge on any atom is -0.457 e. The Balaban J connectivity index is 1.67. The molecule has 110 valence electrons. The molecule has 5 nitrogen and oxygen atoms in total. The van der Waals surface area contributed by atoms with Gasteiger partial charge in [-0.15, -0.1) is 0 Å². The van der Waals surface area contributed by atoms with E-state index in [1.165, 1.54) is 17.2 Å². The van der Waals surface area contributed by atoms with Crippen LogP contribution in [-0.4, -0.2) is 16.7 Å². The van der Waals surface area contributed by atoms with Crippen molar-refractivity contribution in [2.45, 2.75) is 19.3 Å². The number of aryl methyl sites for hydroxylation is 1. The smallest absolute Gasteiger partial charge is 0.400 e. The molecular formula is C17H14N2O3. The van der Waals surface area contributed by atoms with Crippen LogP contribution in [0.3, 0.4) is 0 Å². The van der Waals surface area contributed by atoms with Crippen LogP contribution >= 0.6 is 0 Å². The second-order valence-electron chi connectivity index (χ2n) is 5.27. The van der Waals surface area contributed by atoms with Crippen LogP contribution in [0.5, 0.6) is 0 Å². The molecule has 0 spiro atoms. The highest BCUT2D eigenvalue weighted by molar-refractivity contribution is 6.06. The van der Waals surface area contributed by atoms with Crippen LogP contribution in [0.15, 0.2) is 52.2 Å². The molecule has 0 radical (unpaired) electrons. The van der Waals surface area contributed by atoms with Gasteiger partial charge in [0, 0.05) is 10.9 Å². The normalized spacial score (nSPS) is 15.9. The first kappa shape index (κ1) is 12.9. The standard InChI is InChI=1S/C17H14N2O3/c20-17(15-9-4-10-21-15)22-19-14-8-3-6-12-11-5-1-2-7-13(11)18-16(12)14/h1-2,4-5,7,9-10,18H,3,6,8H2/b19-14+. The molecule has 4 rings (SSSR count). The van der Waals surface area contributed by atoms with E-state index in [0.29, 0.717) is 0 Å². The second-order valence-corrected chi connectivity index (χ2v) is 5.27. The number of nitrogens with zero attached hydrogens (tertiary/aromatic N) is 1. The molecule has 1 N–H and O–H groups in total. The summed E-state index contributed by atoms with van der Waals surface area (Å²) in [6.07, 6.45) is 4.21. The summed E-state index contributed by atoms with van der Waals surface area (Å²) in [6, 6.07) is 11.4. The van der Waals surface area contributed by atoms with Gasteiger partial charge in [-0.1, -0.05) is 23.4 Å². The van der Waals surface area contributed by atoms with Gasteiger partial charge in [-0.2, -0.15) is 0 Å². The van der Waals surface area contributed by atoms with Crippen molar-refractivity contribution in [2.75, 3.05) is 0 Å². The Kier molecular flexibility index (Phi) is 3.04. The molecule has 22 heavy (non-hydrogen) atoms. The topological polar surface area (TPSA) is 67.6 Å². The van der Waals surface area contributed by atoms with Crippen molar-refractivity contribution in [3.8, 4) is 0 Å². The lowest BCUT2D eigenvalue weighted by molar-refractivity contribution is 0.0479. The number of furan rings is 1. The Morgan fingerprint density at radius 3 is 2.95 bits per heavy atom. The van der Waals surface area contributed by atoms with Crippen LogP contribution in [0, 0.1) is 0 Å². The Labute approximate surface area is 126 Å². The Morgan fingerprint density at radius 2 is 2.09 bits per heavy atom. The van der Waals surface area contributed by atoms with E-state index < -0.39 is 5.97 Å². The SMILES string of the molecule is O=C(O/N=C1\CCCc2c1[nH]c1ccccc21)c1ccco1. The number of hydrogen-bond acceptors (Lipinski definition) is 4. The number of hydrogen-bond donors (Lipinski definition) is 1. The van der Waals surface area contributed by atoms with Crippen LogP contribution < -0.4 is 0 Å². The number of carbonyl (C=O) groups excluding carboxylic acids is 1. The quantitative estimate of drug-likeness (QED) is 0.579. The minimum atomic E-state index is -0.583. The number of aromatic amines is 1. The minimum absolute atomic E-state index is 0.150. The predicted molar refractivity (Wildman–Crippen MR) is 81.9 cm³/mol. The van der Waals surface area contributed by atoms with Crippen molar-refractivity contribution in [2.24, 2.45) is 5.16 Å². The maximum Gasteiger partial charge on any atom is 0.400 e. The molecule has 0 atom stereocenters. The summed E-state index contributed by atoms with van der Waals surface area (Å²) in [5.74, 6) is -0.433. The molecule has 0 fully saturated rings. The zero-order chi connectivity index (χ0) is 14.9. The van der Waals surface area contributed by atoms with Gasteiger partial charge in [0.2, 0.25) is 5.76 Å². The Morgan fingerprint density at radius 1 is 1.18 bits per heavy atom. The number of H-pyrrole nitrogens is 1. The van der Waals surface area contributed by atoms with Crippen molar-refractivity contribution in [1.82, 2.24) is 4.98 Å². The summed E-state index contributed by atoms with van der Waals surface area (Å²) < 4.78 is 5.00. The van der Waals surface area contributed by atoms with Gasteiger partial charge < -0.3 is 14.2 Å². The van der Waals surface area contributed by atoms with Gasteiger partial charge in [0.15, 0.2) is 0 Å². The number of fused-ring (bicyclic) bond motifs is 3. The molecule has 1 aromatic carbocycles.